The maximum absolute atomic E-state index is 12.1. The maximum atomic E-state index is 12.1. The average molecular weight is 387 g/mol. The molecule has 1 aromatic heterocycles. The molecule has 0 aliphatic rings. The summed E-state index contributed by atoms with van der Waals surface area (Å²) >= 11 is 8.92. The predicted octanol–water partition coefficient (Wildman–Crippen LogP) is 3.31. The van der Waals surface area contributed by atoms with Crippen LogP contribution in [-0.4, -0.2) is 13.4 Å². The van der Waals surface area contributed by atoms with E-state index in [0.717, 1.165) is 0 Å². The number of nitrogens with one attached hydrogen (secondary N) is 1. The Bertz CT molecular complexity index is 818. The second kappa shape index (κ2) is 6.43. The first-order chi connectivity index (χ1) is 9.89. The highest BCUT2D eigenvalue weighted by molar-refractivity contribution is 9.10. The molecule has 0 bridgehead atoms. The van der Waals surface area contributed by atoms with Gasteiger partial charge in [0.25, 0.3) is 0 Å². The summed E-state index contributed by atoms with van der Waals surface area (Å²) in [7, 11) is -3.61. The van der Waals surface area contributed by atoms with Gasteiger partial charge in [0.15, 0.2) is 0 Å². The van der Waals surface area contributed by atoms with Crippen molar-refractivity contribution >= 4 is 43.2 Å². The van der Waals surface area contributed by atoms with Crippen LogP contribution in [0.1, 0.15) is 11.1 Å². The van der Waals surface area contributed by atoms with E-state index in [1.54, 1.807) is 18.2 Å². The van der Waals surface area contributed by atoms with Crippen LogP contribution in [0.2, 0.25) is 5.15 Å². The van der Waals surface area contributed by atoms with Crippen molar-refractivity contribution in [3.8, 4) is 6.07 Å². The second-order valence-electron chi connectivity index (χ2n) is 4.17. The van der Waals surface area contributed by atoms with E-state index in [4.69, 9.17) is 16.9 Å². The number of hydrogen-bond acceptors (Lipinski definition) is 4. The average Bonchev–Trinajstić information content (AvgIpc) is 2.42. The zero-order valence-corrected chi connectivity index (χ0v) is 13.7. The fourth-order valence-corrected chi connectivity index (χ4v) is 3.26. The lowest BCUT2D eigenvalue weighted by Gasteiger charge is -2.08. The summed E-state index contributed by atoms with van der Waals surface area (Å²) in [5.74, 6) is -0.233. The largest absolute Gasteiger partial charge is 0.282 e. The number of hydrogen-bond donors (Lipinski definition) is 1. The van der Waals surface area contributed by atoms with Gasteiger partial charge in [-0.25, -0.2) is 13.4 Å². The van der Waals surface area contributed by atoms with Crippen molar-refractivity contribution in [3.63, 3.8) is 0 Å². The minimum Gasteiger partial charge on any atom is -0.282 e. The Morgan fingerprint density at radius 1 is 1.38 bits per heavy atom. The molecule has 0 aliphatic carbocycles. The van der Waals surface area contributed by atoms with Crippen LogP contribution in [0.3, 0.4) is 0 Å². The van der Waals surface area contributed by atoms with Crippen LogP contribution in [0.15, 0.2) is 41.0 Å². The zero-order chi connectivity index (χ0) is 15.5. The Kier molecular flexibility index (Phi) is 4.83. The SMILES string of the molecule is N#Cc1cccc(CS(=O)(=O)Nc2cnc(Cl)c(Br)c2)c1. The van der Waals surface area contributed by atoms with Crippen molar-refractivity contribution in [2.24, 2.45) is 0 Å². The number of nitriles is 1. The first-order valence-electron chi connectivity index (χ1n) is 5.70. The van der Waals surface area contributed by atoms with Crippen LogP contribution in [0.5, 0.6) is 0 Å². The Morgan fingerprint density at radius 2 is 2.14 bits per heavy atom. The molecule has 0 amide bonds. The van der Waals surface area contributed by atoms with Crippen molar-refractivity contribution in [2.45, 2.75) is 5.75 Å². The fraction of sp³-hybridized carbons (Fsp3) is 0.0769. The van der Waals surface area contributed by atoms with Crippen molar-refractivity contribution in [1.29, 1.82) is 5.26 Å². The van der Waals surface area contributed by atoms with E-state index in [1.807, 2.05) is 6.07 Å². The number of anilines is 1. The minimum atomic E-state index is -3.61. The predicted molar refractivity (Wildman–Crippen MR) is 84.4 cm³/mol. The van der Waals surface area contributed by atoms with Crippen molar-refractivity contribution < 1.29 is 8.42 Å². The minimum absolute atomic E-state index is 0.233. The topological polar surface area (TPSA) is 82.8 Å². The molecule has 1 N–H and O–H groups in total. The normalized spacial score (nSPS) is 10.9. The first kappa shape index (κ1) is 15.8. The van der Waals surface area contributed by atoms with Gasteiger partial charge in [-0.2, -0.15) is 5.26 Å². The summed E-state index contributed by atoms with van der Waals surface area (Å²) < 4.78 is 27.1. The molecule has 0 fully saturated rings. The lowest BCUT2D eigenvalue weighted by Crippen LogP contribution is -2.15. The van der Waals surface area contributed by atoms with Crippen LogP contribution in [0.25, 0.3) is 0 Å². The molecule has 0 radical (unpaired) electrons. The molecule has 0 saturated heterocycles. The third-order valence-electron chi connectivity index (χ3n) is 2.48. The van der Waals surface area contributed by atoms with Crippen LogP contribution in [0, 0.1) is 11.3 Å². The number of nitrogens with zero attached hydrogens (tertiary/aromatic N) is 2. The number of aromatic nitrogens is 1. The summed E-state index contributed by atoms with van der Waals surface area (Å²) in [5, 5.41) is 9.06. The van der Waals surface area contributed by atoms with Crippen molar-refractivity contribution in [2.75, 3.05) is 4.72 Å². The molecule has 1 heterocycles. The zero-order valence-electron chi connectivity index (χ0n) is 10.5. The van der Waals surface area contributed by atoms with Gasteiger partial charge in [0, 0.05) is 0 Å². The van der Waals surface area contributed by atoms with Gasteiger partial charge < -0.3 is 0 Å². The third kappa shape index (κ3) is 4.43. The lowest BCUT2D eigenvalue weighted by molar-refractivity contribution is 0.600. The molecule has 2 aromatic rings. The number of pyridine rings is 1. The Morgan fingerprint density at radius 3 is 2.81 bits per heavy atom. The van der Waals surface area contributed by atoms with Gasteiger partial charge in [0.05, 0.1) is 33.7 Å². The van der Waals surface area contributed by atoms with E-state index >= 15 is 0 Å². The van der Waals surface area contributed by atoms with E-state index in [0.29, 0.717) is 21.3 Å². The molecule has 0 spiro atoms. The van der Waals surface area contributed by atoms with Gasteiger partial charge in [0.2, 0.25) is 10.0 Å². The van der Waals surface area contributed by atoms with E-state index < -0.39 is 10.0 Å². The standard InChI is InChI=1S/C13H9BrClN3O2S/c14-12-5-11(7-17-13(12)15)18-21(19,20)8-10-3-1-2-9(4-10)6-16/h1-5,7,18H,8H2. The molecule has 1 aromatic carbocycles. The highest BCUT2D eigenvalue weighted by atomic mass is 79.9. The molecule has 5 nitrogen and oxygen atoms in total. The van der Waals surface area contributed by atoms with Gasteiger partial charge in [-0.15, -0.1) is 0 Å². The van der Waals surface area contributed by atoms with Gasteiger partial charge >= 0.3 is 0 Å². The van der Waals surface area contributed by atoms with Crippen LogP contribution >= 0.6 is 27.5 Å². The first-order valence-corrected chi connectivity index (χ1v) is 8.52. The fourth-order valence-electron chi connectivity index (χ4n) is 1.64. The van der Waals surface area contributed by atoms with Crippen LogP contribution < -0.4 is 4.72 Å². The molecule has 0 atom stereocenters. The molecule has 0 saturated carbocycles. The molecular formula is C13H9BrClN3O2S. The van der Waals surface area contributed by atoms with Crippen molar-refractivity contribution in [3.05, 3.63) is 57.3 Å². The van der Waals surface area contributed by atoms with E-state index in [-0.39, 0.29) is 10.9 Å². The number of rotatable bonds is 4. The van der Waals surface area contributed by atoms with Gasteiger partial charge in [0.1, 0.15) is 5.15 Å². The number of sulfonamides is 1. The smallest absolute Gasteiger partial charge is 0.236 e. The third-order valence-corrected chi connectivity index (χ3v) is 4.88. The van der Waals surface area contributed by atoms with E-state index in [1.165, 1.54) is 18.3 Å². The highest BCUT2D eigenvalue weighted by Gasteiger charge is 2.13. The Hall–Kier alpha value is -1.62. The summed E-state index contributed by atoms with van der Waals surface area (Å²) in [6.07, 6.45) is 1.33. The Labute approximate surface area is 135 Å². The quantitative estimate of drug-likeness (QED) is 0.817. The summed E-state index contributed by atoms with van der Waals surface area (Å²) in [4.78, 5) is 3.85. The molecular weight excluding hydrogens is 378 g/mol. The van der Waals surface area contributed by atoms with Gasteiger partial charge in [-0.1, -0.05) is 23.7 Å². The summed E-state index contributed by atoms with van der Waals surface area (Å²) in [5.41, 5.74) is 1.25. The summed E-state index contributed by atoms with van der Waals surface area (Å²) in [6.45, 7) is 0. The van der Waals surface area contributed by atoms with Crippen LogP contribution in [-0.2, 0) is 15.8 Å². The van der Waals surface area contributed by atoms with Crippen LogP contribution in [0.4, 0.5) is 5.69 Å². The highest BCUT2D eigenvalue weighted by Crippen LogP contribution is 2.23. The number of halogens is 2. The molecule has 8 heteroatoms. The molecule has 0 aliphatic heterocycles. The lowest BCUT2D eigenvalue weighted by atomic mass is 10.2. The monoisotopic (exact) mass is 385 g/mol. The number of benzene rings is 1. The van der Waals surface area contributed by atoms with E-state index in [9.17, 15) is 8.42 Å². The maximum Gasteiger partial charge on any atom is 0.236 e. The van der Waals surface area contributed by atoms with Gasteiger partial charge in [-0.05, 0) is 39.7 Å². The molecule has 108 valence electrons. The molecule has 21 heavy (non-hydrogen) atoms. The molecule has 0 unspecified atom stereocenters. The van der Waals surface area contributed by atoms with E-state index in [2.05, 4.69) is 25.6 Å². The Balaban J connectivity index is 2.18. The molecule has 2 rings (SSSR count). The summed E-state index contributed by atoms with van der Waals surface area (Å²) in [6, 6.07) is 9.94. The van der Waals surface area contributed by atoms with Crippen molar-refractivity contribution in [1.82, 2.24) is 4.98 Å². The van der Waals surface area contributed by atoms with Gasteiger partial charge in [-0.3, -0.25) is 4.72 Å². The second-order valence-corrected chi connectivity index (χ2v) is 7.10.